The average molecular weight is 166 g/mol. The topological polar surface area (TPSA) is 27.8 Å². The molecule has 1 rings (SSSR count). The van der Waals surface area contributed by atoms with Crippen molar-refractivity contribution in [3.8, 4) is 0 Å². The first kappa shape index (κ1) is 9.33. The summed E-state index contributed by atoms with van der Waals surface area (Å²) in [7, 11) is 0. The van der Waals surface area contributed by atoms with Crippen LogP contribution in [0.3, 0.4) is 0 Å². The molecule has 0 fully saturated rings. The minimum Gasteiger partial charge on any atom is -0.367 e. The molecule has 0 aromatic carbocycles. The van der Waals surface area contributed by atoms with Crippen LogP contribution in [0.25, 0.3) is 0 Å². The number of hydrogen-bond donors (Lipinski definition) is 2. The zero-order valence-corrected chi connectivity index (χ0v) is 7.93. The Labute approximate surface area is 74.4 Å². The van der Waals surface area contributed by atoms with Crippen LogP contribution in [0.15, 0.2) is 18.5 Å². The summed E-state index contributed by atoms with van der Waals surface area (Å²) in [4.78, 5) is 3.07. The molecular weight excluding hydrogens is 148 g/mol. The predicted molar refractivity (Wildman–Crippen MR) is 52.3 cm³/mol. The fourth-order valence-corrected chi connectivity index (χ4v) is 1.35. The Morgan fingerprint density at radius 1 is 1.58 bits per heavy atom. The van der Waals surface area contributed by atoms with Crippen molar-refractivity contribution in [3.05, 3.63) is 24.0 Å². The molecule has 0 aliphatic carbocycles. The molecule has 2 heteroatoms. The molecule has 2 nitrogen and oxygen atoms in total. The van der Waals surface area contributed by atoms with Crippen molar-refractivity contribution in [1.82, 2.24) is 10.3 Å². The Balaban J connectivity index is 2.17. The highest BCUT2D eigenvalue weighted by atomic mass is 14.9. The fourth-order valence-electron chi connectivity index (χ4n) is 1.35. The lowest BCUT2D eigenvalue weighted by atomic mass is 10.1. The number of aromatic nitrogens is 1. The summed E-state index contributed by atoms with van der Waals surface area (Å²) in [6, 6.07) is 2.77. The average Bonchev–Trinajstić information content (AvgIpc) is 2.53. The van der Waals surface area contributed by atoms with Crippen molar-refractivity contribution < 1.29 is 0 Å². The van der Waals surface area contributed by atoms with Gasteiger partial charge in [-0.3, -0.25) is 0 Å². The van der Waals surface area contributed by atoms with E-state index in [9.17, 15) is 0 Å². The van der Waals surface area contributed by atoms with Gasteiger partial charge in [0.25, 0.3) is 0 Å². The van der Waals surface area contributed by atoms with Crippen molar-refractivity contribution in [2.75, 3.05) is 6.54 Å². The van der Waals surface area contributed by atoms with E-state index >= 15 is 0 Å². The highest BCUT2D eigenvalue weighted by Gasteiger charge is 1.99. The van der Waals surface area contributed by atoms with E-state index in [-0.39, 0.29) is 0 Å². The lowest BCUT2D eigenvalue weighted by molar-refractivity contribution is 0.531. The normalized spacial score (nSPS) is 13.2. The smallest absolute Gasteiger partial charge is 0.00417 e. The molecular formula is C10H18N2. The quantitative estimate of drug-likeness (QED) is 0.687. The number of aromatic amines is 1. The number of H-pyrrole nitrogens is 1. The van der Waals surface area contributed by atoms with Gasteiger partial charge in [0.05, 0.1) is 0 Å². The van der Waals surface area contributed by atoms with Crippen molar-refractivity contribution in [1.29, 1.82) is 0 Å². The zero-order chi connectivity index (χ0) is 8.81. The van der Waals surface area contributed by atoms with Gasteiger partial charge in [0.1, 0.15) is 0 Å². The van der Waals surface area contributed by atoms with Crippen LogP contribution in [-0.2, 0) is 6.42 Å². The Kier molecular flexibility index (Phi) is 3.88. The van der Waals surface area contributed by atoms with Crippen LogP contribution in [0.1, 0.15) is 25.8 Å². The number of rotatable bonds is 5. The SMILES string of the molecule is CCNC(C)CCc1cc[nH]c1. The molecule has 0 saturated carbocycles. The van der Waals surface area contributed by atoms with Crippen LogP contribution in [0.4, 0.5) is 0 Å². The Morgan fingerprint density at radius 2 is 2.42 bits per heavy atom. The number of hydrogen-bond acceptors (Lipinski definition) is 1. The summed E-state index contributed by atoms with van der Waals surface area (Å²) >= 11 is 0. The largest absolute Gasteiger partial charge is 0.367 e. The second-order valence-electron chi connectivity index (χ2n) is 3.22. The Morgan fingerprint density at radius 3 is 3.00 bits per heavy atom. The Bertz CT molecular complexity index is 192. The van der Waals surface area contributed by atoms with E-state index in [4.69, 9.17) is 0 Å². The molecule has 0 aliphatic rings. The third-order valence-electron chi connectivity index (χ3n) is 2.08. The molecule has 1 aromatic rings. The maximum Gasteiger partial charge on any atom is 0.00417 e. The second-order valence-corrected chi connectivity index (χ2v) is 3.22. The van der Waals surface area contributed by atoms with Gasteiger partial charge in [0, 0.05) is 18.4 Å². The molecule has 1 aromatic heterocycles. The van der Waals surface area contributed by atoms with Crippen LogP contribution in [0.2, 0.25) is 0 Å². The highest BCUT2D eigenvalue weighted by molar-refractivity contribution is 5.08. The molecule has 0 bridgehead atoms. The minimum atomic E-state index is 0.630. The Hall–Kier alpha value is -0.760. The van der Waals surface area contributed by atoms with Gasteiger partial charge in [0.15, 0.2) is 0 Å². The van der Waals surface area contributed by atoms with E-state index < -0.39 is 0 Å². The van der Waals surface area contributed by atoms with E-state index in [0.29, 0.717) is 6.04 Å². The summed E-state index contributed by atoms with van der Waals surface area (Å²) in [6.07, 6.45) is 6.43. The third kappa shape index (κ3) is 3.09. The van der Waals surface area contributed by atoms with Gasteiger partial charge in [-0.2, -0.15) is 0 Å². The van der Waals surface area contributed by atoms with E-state index in [0.717, 1.165) is 13.0 Å². The van der Waals surface area contributed by atoms with Crippen molar-refractivity contribution in [3.63, 3.8) is 0 Å². The maximum atomic E-state index is 3.40. The first-order chi connectivity index (χ1) is 5.83. The summed E-state index contributed by atoms with van der Waals surface area (Å²) in [5.41, 5.74) is 1.40. The number of aryl methyl sites for hydroxylation is 1. The van der Waals surface area contributed by atoms with Gasteiger partial charge in [-0.05, 0) is 37.9 Å². The molecule has 0 spiro atoms. The van der Waals surface area contributed by atoms with E-state index in [1.165, 1.54) is 12.0 Å². The summed E-state index contributed by atoms with van der Waals surface area (Å²) in [5.74, 6) is 0. The summed E-state index contributed by atoms with van der Waals surface area (Å²) in [5, 5.41) is 3.40. The lowest BCUT2D eigenvalue weighted by Gasteiger charge is -2.10. The third-order valence-corrected chi connectivity index (χ3v) is 2.08. The molecule has 12 heavy (non-hydrogen) atoms. The van der Waals surface area contributed by atoms with Crippen LogP contribution in [0, 0.1) is 0 Å². The van der Waals surface area contributed by atoms with Crippen LogP contribution in [0.5, 0.6) is 0 Å². The van der Waals surface area contributed by atoms with Crippen molar-refractivity contribution in [2.24, 2.45) is 0 Å². The second kappa shape index (κ2) is 4.99. The van der Waals surface area contributed by atoms with Crippen LogP contribution < -0.4 is 5.32 Å². The fraction of sp³-hybridized carbons (Fsp3) is 0.600. The molecule has 2 N–H and O–H groups in total. The molecule has 0 aliphatic heterocycles. The summed E-state index contributed by atoms with van der Waals surface area (Å²) < 4.78 is 0. The first-order valence-electron chi connectivity index (χ1n) is 4.68. The highest BCUT2D eigenvalue weighted by Crippen LogP contribution is 2.03. The zero-order valence-electron chi connectivity index (χ0n) is 7.93. The predicted octanol–water partition coefficient (Wildman–Crippen LogP) is 1.95. The van der Waals surface area contributed by atoms with Crippen molar-refractivity contribution >= 4 is 0 Å². The minimum absolute atomic E-state index is 0.630. The van der Waals surface area contributed by atoms with Gasteiger partial charge in [-0.1, -0.05) is 6.92 Å². The standard InChI is InChI=1S/C10H18N2/c1-3-12-9(2)4-5-10-6-7-11-8-10/h6-9,11-12H,3-5H2,1-2H3. The van der Waals surface area contributed by atoms with Gasteiger partial charge in [0.2, 0.25) is 0 Å². The van der Waals surface area contributed by atoms with E-state index in [1.54, 1.807) is 0 Å². The van der Waals surface area contributed by atoms with E-state index in [2.05, 4.69) is 36.4 Å². The lowest BCUT2D eigenvalue weighted by Crippen LogP contribution is -2.25. The van der Waals surface area contributed by atoms with Crippen molar-refractivity contribution in [2.45, 2.75) is 32.7 Å². The molecule has 0 saturated heterocycles. The molecule has 0 radical (unpaired) electrons. The summed E-state index contributed by atoms with van der Waals surface area (Å²) in [6.45, 7) is 5.44. The molecule has 1 unspecified atom stereocenters. The van der Waals surface area contributed by atoms with E-state index in [1.807, 2.05) is 6.20 Å². The first-order valence-corrected chi connectivity index (χ1v) is 4.68. The van der Waals surface area contributed by atoms with Gasteiger partial charge in [-0.25, -0.2) is 0 Å². The van der Waals surface area contributed by atoms with Gasteiger partial charge >= 0.3 is 0 Å². The number of nitrogens with one attached hydrogen (secondary N) is 2. The van der Waals surface area contributed by atoms with Gasteiger partial charge in [-0.15, -0.1) is 0 Å². The van der Waals surface area contributed by atoms with Gasteiger partial charge < -0.3 is 10.3 Å². The van der Waals surface area contributed by atoms with Crippen LogP contribution in [-0.4, -0.2) is 17.6 Å². The molecule has 1 atom stereocenters. The monoisotopic (exact) mass is 166 g/mol. The molecule has 1 heterocycles. The molecule has 68 valence electrons. The maximum absolute atomic E-state index is 3.40. The van der Waals surface area contributed by atoms with Crippen LogP contribution >= 0.6 is 0 Å². The molecule has 0 amide bonds.